The maximum atomic E-state index is 8.84. The fraction of sp³-hybridized carbons (Fsp3) is 0.500. The molecule has 0 spiro atoms. The van der Waals surface area contributed by atoms with Gasteiger partial charge in [0.15, 0.2) is 11.4 Å². The van der Waals surface area contributed by atoms with E-state index in [2.05, 4.69) is 4.98 Å². The second kappa shape index (κ2) is 5.47. The van der Waals surface area contributed by atoms with Crippen LogP contribution in [0.25, 0.3) is 0 Å². The van der Waals surface area contributed by atoms with Crippen molar-refractivity contribution < 1.29 is 4.74 Å². The van der Waals surface area contributed by atoms with Gasteiger partial charge in [-0.1, -0.05) is 13.8 Å². The summed E-state index contributed by atoms with van der Waals surface area (Å²) in [5, 5.41) is 8.84. The van der Waals surface area contributed by atoms with Gasteiger partial charge in [0.1, 0.15) is 12.7 Å². The van der Waals surface area contributed by atoms with Gasteiger partial charge in [-0.3, -0.25) is 0 Å². The van der Waals surface area contributed by atoms with E-state index in [4.69, 9.17) is 15.7 Å². The number of nitrogens with zero attached hydrogens (tertiary/aromatic N) is 2. The smallest absolute Gasteiger partial charge is 0.182 e. The van der Waals surface area contributed by atoms with E-state index in [0.717, 1.165) is 12.8 Å². The Kier molecular flexibility index (Phi) is 4.27. The highest BCUT2D eigenvalue weighted by molar-refractivity contribution is 5.36. The molecule has 0 aliphatic rings. The van der Waals surface area contributed by atoms with Crippen molar-refractivity contribution >= 4 is 0 Å². The van der Waals surface area contributed by atoms with Crippen molar-refractivity contribution in [2.45, 2.75) is 32.2 Å². The molecule has 0 aliphatic heterocycles. The molecule has 1 aromatic rings. The molecule has 4 nitrogen and oxygen atoms in total. The molecule has 16 heavy (non-hydrogen) atoms. The zero-order valence-electron chi connectivity index (χ0n) is 9.73. The number of pyridine rings is 1. The van der Waals surface area contributed by atoms with E-state index in [1.807, 2.05) is 19.9 Å². The highest BCUT2D eigenvalue weighted by Gasteiger charge is 2.21. The number of ether oxygens (including phenoxy) is 1. The first-order valence-electron chi connectivity index (χ1n) is 5.42. The average molecular weight is 219 g/mol. The van der Waals surface area contributed by atoms with Crippen LogP contribution in [0.5, 0.6) is 5.75 Å². The third kappa shape index (κ3) is 2.94. The predicted octanol–water partition coefficient (Wildman–Crippen LogP) is 1.85. The van der Waals surface area contributed by atoms with Crippen molar-refractivity contribution in [2.24, 2.45) is 5.73 Å². The van der Waals surface area contributed by atoms with Gasteiger partial charge in [-0.25, -0.2) is 4.98 Å². The number of nitriles is 1. The molecule has 86 valence electrons. The topological polar surface area (TPSA) is 71.9 Å². The number of hydrogen-bond acceptors (Lipinski definition) is 4. The Morgan fingerprint density at radius 2 is 2.19 bits per heavy atom. The molecule has 0 amide bonds. The van der Waals surface area contributed by atoms with Crippen LogP contribution < -0.4 is 10.5 Å². The SMILES string of the molecule is CCC(N)(CC)COc1cccnc1C#N. The summed E-state index contributed by atoms with van der Waals surface area (Å²) in [7, 11) is 0. The van der Waals surface area contributed by atoms with Gasteiger partial charge in [0, 0.05) is 11.7 Å². The molecule has 0 atom stereocenters. The van der Waals surface area contributed by atoms with Gasteiger partial charge < -0.3 is 10.5 Å². The van der Waals surface area contributed by atoms with Gasteiger partial charge in [-0.05, 0) is 25.0 Å². The van der Waals surface area contributed by atoms with E-state index >= 15 is 0 Å². The summed E-state index contributed by atoms with van der Waals surface area (Å²) in [6.07, 6.45) is 3.25. The maximum Gasteiger partial charge on any atom is 0.182 e. The van der Waals surface area contributed by atoms with Gasteiger partial charge >= 0.3 is 0 Å². The lowest BCUT2D eigenvalue weighted by molar-refractivity contribution is 0.206. The maximum absolute atomic E-state index is 8.84. The van der Waals surface area contributed by atoms with Crippen LogP contribution >= 0.6 is 0 Å². The molecule has 0 bridgehead atoms. The van der Waals surface area contributed by atoms with E-state index in [9.17, 15) is 0 Å². The van der Waals surface area contributed by atoms with Crippen LogP contribution in [0.4, 0.5) is 0 Å². The molecular weight excluding hydrogens is 202 g/mol. The zero-order chi connectivity index (χ0) is 12.0. The molecule has 1 aromatic heterocycles. The minimum absolute atomic E-state index is 0.303. The molecule has 0 saturated carbocycles. The summed E-state index contributed by atoms with van der Waals surface area (Å²) in [5.74, 6) is 0.502. The highest BCUT2D eigenvalue weighted by atomic mass is 16.5. The molecule has 1 heterocycles. The van der Waals surface area contributed by atoms with Crippen LogP contribution in [0.3, 0.4) is 0 Å². The Labute approximate surface area is 96.1 Å². The molecular formula is C12H17N3O. The minimum Gasteiger partial charge on any atom is -0.489 e. The van der Waals surface area contributed by atoms with Gasteiger partial charge in [0.2, 0.25) is 0 Å². The van der Waals surface area contributed by atoms with Gasteiger partial charge in [0.25, 0.3) is 0 Å². The van der Waals surface area contributed by atoms with Crippen molar-refractivity contribution in [1.29, 1.82) is 5.26 Å². The lowest BCUT2D eigenvalue weighted by atomic mass is 9.96. The van der Waals surface area contributed by atoms with Gasteiger partial charge in [0.05, 0.1) is 0 Å². The van der Waals surface area contributed by atoms with Crippen LogP contribution in [0, 0.1) is 11.3 Å². The first-order valence-corrected chi connectivity index (χ1v) is 5.42. The highest BCUT2D eigenvalue weighted by Crippen LogP contribution is 2.18. The molecule has 0 fully saturated rings. The Morgan fingerprint density at radius 3 is 2.75 bits per heavy atom. The third-order valence-corrected chi connectivity index (χ3v) is 2.80. The normalized spacial score (nSPS) is 10.9. The predicted molar refractivity (Wildman–Crippen MR) is 61.9 cm³/mol. The second-order valence-electron chi connectivity index (χ2n) is 3.82. The monoisotopic (exact) mass is 219 g/mol. The molecule has 0 radical (unpaired) electrons. The van der Waals surface area contributed by atoms with E-state index in [1.165, 1.54) is 0 Å². The van der Waals surface area contributed by atoms with Crippen LogP contribution in [0.1, 0.15) is 32.4 Å². The molecule has 0 unspecified atom stereocenters. The van der Waals surface area contributed by atoms with Crippen molar-refractivity contribution in [2.75, 3.05) is 6.61 Å². The Morgan fingerprint density at radius 1 is 1.50 bits per heavy atom. The average Bonchev–Trinajstić information content (AvgIpc) is 2.36. The molecule has 1 rings (SSSR count). The van der Waals surface area contributed by atoms with Gasteiger partial charge in [-0.2, -0.15) is 5.26 Å². The second-order valence-corrected chi connectivity index (χ2v) is 3.82. The van der Waals surface area contributed by atoms with Crippen molar-refractivity contribution in [1.82, 2.24) is 4.98 Å². The van der Waals surface area contributed by atoms with Crippen molar-refractivity contribution in [3.63, 3.8) is 0 Å². The molecule has 0 aliphatic carbocycles. The Bertz CT molecular complexity index is 380. The standard InChI is InChI=1S/C12H17N3O/c1-3-12(14,4-2)9-16-11-6-5-7-15-10(11)8-13/h5-7H,3-4,9,14H2,1-2H3. The zero-order valence-corrected chi connectivity index (χ0v) is 9.73. The fourth-order valence-electron chi connectivity index (χ4n) is 1.27. The third-order valence-electron chi connectivity index (χ3n) is 2.80. The summed E-state index contributed by atoms with van der Waals surface area (Å²) in [5.41, 5.74) is 6.08. The lowest BCUT2D eigenvalue weighted by Crippen LogP contribution is -2.44. The molecule has 4 heteroatoms. The number of aromatic nitrogens is 1. The quantitative estimate of drug-likeness (QED) is 0.820. The molecule has 2 N–H and O–H groups in total. The summed E-state index contributed by atoms with van der Waals surface area (Å²) in [6.45, 7) is 4.46. The largest absolute Gasteiger partial charge is 0.489 e. The number of rotatable bonds is 5. The lowest BCUT2D eigenvalue weighted by Gasteiger charge is -2.26. The summed E-state index contributed by atoms with van der Waals surface area (Å²) in [4.78, 5) is 3.92. The Hall–Kier alpha value is -1.60. The van der Waals surface area contributed by atoms with E-state index in [-0.39, 0.29) is 5.54 Å². The van der Waals surface area contributed by atoms with Crippen molar-refractivity contribution in [3.8, 4) is 11.8 Å². The van der Waals surface area contributed by atoms with Crippen LogP contribution in [-0.4, -0.2) is 17.1 Å². The Balaban J connectivity index is 2.72. The minimum atomic E-state index is -0.331. The first kappa shape index (κ1) is 12.5. The van der Waals surface area contributed by atoms with Gasteiger partial charge in [-0.15, -0.1) is 0 Å². The number of nitrogens with two attached hydrogens (primary N) is 1. The number of hydrogen-bond donors (Lipinski definition) is 1. The fourth-order valence-corrected chi connectivity index (χ4v) is 1.27. The summed E-state index contributed by atoms with van der Waals surface area (Å²) < 4.78 is 5.56. The van der Waals surface area contributed by atoms with Crippen LogP contribution in [0.2, 0.25) is 0 Å². The first-order chi connectivity index (χ1) is 7.65. The van der Waals surface area contributed by atoms with E-state index < -0.39 is 0 Å². The van der Waals surface area contributed by atoms with Crippen LogP contribution in [-0.2, 0) is 0 Å². The van der Waals surface area contributed by atoms with E-state index in [1.54, 1.807) is 18.3 Å². The van der Waals surface area contributed by atoms with Crippen molar-refractivity contribution in [3.05, 3.63) is 24.0 Å². The summed E-state index contributed by atoms with van der Waals surface area (Å²) in [6, 6.07) is 5.47. The molecule has 0 aromatic carbocycles. The molecule has 0 saturated heterocycles. The summed E-state index contributed by atoms with van der Waals surface area (Å²) >= 11 is 0. The van der Waals surface area contributed by atoms with E-state index in [0.29, 0.717) is 18.1 Å². The van der Waals surface area contributed by atoms with Crippen LogP contribution in [0.15, 0.2) is 18.3 Å².